The fourth-order valence-corrected chi connectivity index (χ4v) is 4.01. The number of nitrogens with zero attached hydrogens (tertiary/aromatic N) is 6. The summed E-state index contributed by atoms with van der Waals surface area (Å²) >= 11 is 0. The van der Waals surface area contributed by atoms with Crippen LogP contribution in [0.25, 0.3) is 11.2 Å². The maximum absolute atomic E-state index is 13.2. The molecule has 0 aliphatic carbocycles. The van der Waals surface area contributed by atoms with Gasteiger partial charge in [0, 0.05) is 20.1 Å². The van der Waals surface area contributed by atoms with Gasteiger partial charge in [0.1, 0.15) is 17.9 Å². The minimum Gasteiger partial charge on any atom is -0.382 e. The number of rotatable bonds is 2. The molecule has 1 unspecified atom stereocenters. The second kappa shape index (κ2) is 5.68. The van der Waals surface area contributed by atoms with Gasteiger partial charge >= 0.3 is 0 Å². The number of piperidine rings is 1. The van der Waals surface area contributed by atoms with Crippen molar-refractivity contribution in [1.29, 1.82) is 0 Å². The highest BCUT2D eigenvalue weighted by atomic mass is 16.2. The molecule has 25 heavy (non-hydrogen) atoms. The maximum atomic E-state index is 13.2. The van der Waals surface area contributed by atoms with E-state index in [1.54, 1.807) is 22.8 Å². The normalized spacial score (nSPS) is 24.6. The Morgan fingerprint density at radius 2 is 2.16 bits per heavy atom. The summed E-state index contributed by atoms with van der Waals surface area (Å²) in [5, 5.41) is 0. The number of nitrogens with two attached hydrogens (primary N) is 1. The molecule has 2 fully saturated rings. The molecule has 0 aromatic carbocycles. The van der Waals surface area contributed by atoms with Crippen molar-refractivity contribution in [1.82, 2.24) is 29.3 Å². The van der Waals surface area contributed by atoms with Gasteiger partial charge in [-0.3, -0.25) is 9.59 Å². The van der Waals surface area contributed by atoms with Crippen LogP contribution < -0.4 is 5.73 Å². The van der Waals surface area contributed by atoms with Crippen LogP contribution in [0, 0.1) is 5.92 Å². The van der Waals surface area contributed by atoms with Crippen molar-refractivity contribution in [3.63, 3.8) is 0 Å². The first kappa shape index (κ1) is 15.8. The number of likely N-dealkylation sites (tertiary alicyclic amines) is 2. The molecule has 0 spiro atoms. The zero-order valence-corrected chi connectivity index (χ0v) is 14.3. The van der Waals surface area contributed by atoms with Gasteiger partial charge in [-0.1, -0.05) is 0 Å². The van der Waals surface area contributed by atoms with Gasteiger partial charge in [0.15, 0.2) is 11.5 Å². The zero-order chi connectivity index (χ0) is 17.7. The first-order chi connectivity index (χ1) is 12.0. The summed E-state index contributed by atoms with van der Waals surface area (Å²) in [5.41, 5.74) is 6.86. The monoisotopic (exact) mass is 343 g/mol. The standard InChI is InChI=1S/C16H21N7O2/c1-9(23-8-20-12-13(17)18-7-19-14(12)23)15(24)22-5-3-4-10-11(22)6-21(2)16(10)25/h7-11H,3-6H2,1-2H3,(H2,17,18,19)/t9?,10-,11-/m1/s1. The van der Waals surface area contributed by atoms with E-state index in [0.717, 1.165) is 12.8 Å². The molecule has 0 radical (unpaired) electrons. The molecule has 9 nitrogen and oxygen atoms in total. The molecule has 2 aromatic rings. The number of hydrogen-bond acceptors (Lipinski definition) is 6. The van der Waals surface area contributed by atoms with Crippen molar-refractivity contribution in [3.8, 4) is 0 Å². The Bertz CT molecular complexity index is 848. The number of imidazole rings is 1. The quantitative estimate of drug-likeness (QED) is 0.825. The number of fused-ring (bicyclic) bond motifs is 2. The van der Waals surface area contributed by atoms with Crippen molar-refractivity contribution < 1.29 is 9.59 Å². The minimum atomic E-state index is -0.473. The van der Waals surface area contributed by atoms with E-state index in [4.69, 9.17) is 5.73 Å². The molecule has 9 heteroatoms. The summed E-state index contributed by atoms with van der Waals surface area (Å²) in [5.74, 6) is 0.342. The third kappa shape index (κ3) is 2.33. The molecule has 4 rings (SSSR count). The molecule has 2 amide bonds. The van der Waals surface area contributed by atoms with Crippen LogP contribution in [0.2, 0.25) is 0 Å². The van der Waals surface area contributed by atoms with Gasteiger partial charge < -0.3 is 20.1 Å². The SMILES string of the molecule is CC(C(=O)N1CCC[C@H]2C(=O)N(C)C[C@H]21)n1cnc2c(N)ncnc21. The van der Waals surface area contributed by atoms with Crippen molar-refractivity contribution >= 4 is 28.8 Å². The lowest BCUT2D eigenvalue weighted by Gasteiger charge is -2.37. The molecule has 0 saturated carbocycles. The number of carbonyl (C=O) groups excluding carboxylic acids is 2. The van der Waals surface area contributed by atoms with Crippen LogP contribution in [0.1, 0.15) is 25.8 Å². The van der Waals surface area contributed by atoms with Crippen LogP contribution in [0.15, 0.2) is 12.7 Å². The van der Waals surface area contributed by atoms with Gasteiger partial charge in [0.05, 0.1) is 18.3 Å². The Morgan fingerprint density at radius 1 is 1.36 bits per heavy atom. The average Bonchev–Trinajstić information content (AvgIpc) is 3.16. The Balaban J connectivity index is 1.63. The largest absolute Gasteiger partial charge is 0.382 e. The van der Waals surface area contributed by atoms with Gasteiger partial charge in [-0.15, -0.1) is 0 Å². The maximum Gasteiger partial charge on any atom is 0.245 e. The lowest BCUT2D eigenvalue weighted by atomic mass is 9.91. The second-order valence-corrected chi connectivity index (χ2v) is 6.83. The van der Waals surface area contributed by atoms with Gasteiger partial charge in [-0.05, 0) is 19.8 Å². The Hall–Kier alpha value is -2.71. The van der Waals surface area contributed by atoms with Crippen molar-refractivity contribution in [2.45, 2.75) is 31.8 Å². The van der Waals surface area contributed by atoms with E-state index >= 15 is 0 Å². The topological polar surface area (TPSA) is 110 Å². The van der Waals surface area contributed by atoms with E-state index in [1.807, 2.05) is 11.8 Å². The fourth-order valence-electron chi connectivity index (χ4n) is 4.01. The van der Waals surface area contributed by atoms with E-state index in [0.29, 0.717) is 30.1 Å². The summed E-state index contributed by atoms with van der Waals surface area (Å²) in [6.07, 6.45) is 4.64. The Kier molecular flexibility index (Phi) is 3.59. The van der Waals surface area contributed by atoms with Crippen LogP contribution in [0.4, 0.5) is 5.82 Å². The van der Waals surface area contributed by atoms with Crippen molar-refractivity contribution in [3.05, 3.63) is 12.7 Å². The summed E-state index contributed by atoms with van der Waals surface area (Å²) in [7, 11) is 1.80. The number of likely N-dealkylation sites (N-methyl/N-ethyl adjacent to an activating group) is 1. The highest BCUT2D eigenvalue weighted by Crippen LogP contribution is 2.32. The van der Waals surface area contributed by atoms with Crippen molar-refractivity contribution in [2.75, 3.05) is 25.9 Å². The molecule has 2 N–H and O–H groups in total. The number of amides is 2. The van der Waals surface area contributed by atoms with Gasteiger partial charge in [-0.2, -0.15) is 0 Å². The molecule has 2 aromatic heterocycles. The van der Waals surface area contributed by atoms with E-state index in [2.05, 4.69) is 15.0 Å². The molecule has 132 valence electrons. The summed E-state index contributed by atoms with van der Waals surface area (Å²) < 4.78 is 1.72. The second-order valence-electron chi connectivity index (χ2n) is 6.83. The van der Waals surface area contributed by atoms with Gasteiger partial charge in [0.2, 0.25) is 11.8 Å². The van der Waals surface area contributed by atoms with Crippen LogP contribution >= 0.6 is 0 Å². The molecule has 2 saturated heterocycles. The fraction of sp³-hybridized carbons (Fsp3) is 0.562. The summed E-state index contributed by atoms with van der Waals surface area (Å²) in [6, 6.07) is -0.519. The first-order valence-electron chi connectivity index (χ1n) is 8.47. The molecule has 4 heterocycles. The number of hydrogen-bond donors (Lipinski definition) is 1. The van der Waals surface area contributed by atoms with E-state index < -0.39 is 6.04 Å². The number of carbonyl (C=O) groups is 2. The smallest absolute Gasteiger partial charge is 0.245 e. The predicted octanol–water partition coefficient (Wildman–Crippen LogP) is 0.0487. The van der Waals surface area contributed by atoms with E-state index in [-0.39, 0.29) is 23.8 Å². The average molecular weight is 343 g/mol. The summed E-state index contributed by atoms with van der Waals surface area (Å²) in [4.78, 5) is 41.4. The molecule has 3 atom stereocenters. The van der Waals surface area contributed by atoms with E-state index in [1.165, 1.54) is 6.33 Å². The van der Waals surface area contributed by atoms with Gasteiger partial charge in [-0.25, -0.2) is 15.0 Å². The van der Waals surface area contributed by atoms with Crippen molar-refractivity contribution in [2.24, 2.45) is 5.92 Å². The molecule has 2 aliphatic rings. The third-order valence-corrected chi connectivity index (χ3v) is 5.38. The number of nitrogen functional groups attached to an aromatic ring is 1. The summed E-state index contributed by atoms with van der Waals surface area (Å²) in [6.45, 7) is 3.10. The van der Waals surface area contributed by atoms with Gasteiger partial charge in [0.25, 0.3) is 0 Å². The molecule has 2 aliphatic heterocycles. The van der Waals surface area contributed by atoms with Crippen LogP contribution in [0.5, 0.6) is 0 Å². The highest BCUT2D eigenvalue weighted by Gasteiger charge is 2.46. The van der Waals surface area contributed by atoms with E-state index in [9.17, 15) is 9.59 Å². The minimum absolute atomic E-state index is 0.0192. The predicted molar refractivity (Wildman–Crippen MR) is 90.3 cm³/mol. The Morgan fingerprint density at radius 3 is 2.96 bits per heavy atom. The molecular formula is C16H21N7O2. The Labute approximate surface area is 144 Å². The van der Waals surface area contributed by atoms with Crippen LogP contribution in [-0.4, -0.2) is 67.3 Å². The lowest BCUT2D eigenvalue weighted by Crippen LogP contribution is -2.50. The lowest BCUT2D eigenvalue weighted by molar-refractivity contribution is -0.139. The molecular weight excluding hydrogens is 322 g/mol. The number of anilines is 1. The third-order valence-electron chi connectivity index (χ3n) is 5.38. The number of aromatic nitrogens is 4. The van der Waals surface area contributed by atoms with Crippen LogP contribution in [-0.2, 0) is 9.59 Å². The highest BCUT2D eigenvalue weighted by molar-refractivity contribution is 5.87. The zero-order valence-electron chi connectivity index (χ0n) is 14.3. The molecule has 0 bridgehead atoms. The van der Waals surface area contributed by atoms with Crippen LogP contribution in [0.3, 0.4) is 0 Å². The first-order valence-corrected chi connectivity index (χ1v) is 8.47.